The number of nitrogens with zero attached hydrogens (tertiary/aromatic N) is 4. The molecule has 7 nitrogen and oxygen atoms in total. The Morgan fingerprint density at radius 1 is 1.23 bits per heavy atom. The summed E-state index contributed by atoms with van der Waals surface area (Å²) in [5.74, 6) is 0.670. The van der Waals surface area contributed by atoms with Crippen LogP contribution >= 0.6 is 0 Å². The topological polar surface area (TPSA) is 71.7 Å². The average Bonchev–Trinajstić information content (AvgIpc) is 3.17. The van der Waals surface area contributed by atoms with Gasteiger partial charge in [-0.15, -0.1) is 0 Å². The molecule has 1 aromatic heterocycles. The largest absolute Gasteiger partial charge is 0.486 e. The van der Waals surface area contributed by atoms with Gasteiger partial charge in [-0.25, -0.2) is 4.63 Å². The number of likely N-dealkylation sites (tertiary alicyclic amines) is 2. The van der Waals surface area contributed by atoms with E-state index in [1.54, 1.807) is 0 Å². The molecule has 1 amide bonds. The summed E-state index contributed by atoms with van der Waals surface area (Å²) in [5.41, 5.74) is 2.14. The van der Waals surface area contributed by atoms with Crippen molar-refractivity contribution in [2.24, 2.45) is 5.41 Å². The van der Waals surface area contributed by atoms with Gasteiger partial charge < -0.3 is 9.64 Å². The van der Waals surface area contributed by atoms with Crippen LogP contribution in [0.25, 0.3) is 0 Å². The molecular formula is C23H30N4O3. The Bertz CT molecular complexity index is 944. The molecule has 2 saturated heterocycles. The van der Waals surface area contributed by atoms with E-state index in [0.29, 0.717) is 34.8 Å². The molecule has 1 saturated carbocycles. The Balaban J connectivity index is 1.43. The van der Waals surface area contributed by atoms with E-state index in [-0.39, 0.29) is 24.0 Å². The van der Waals surface area contributed by atoms with Crippen LogP contribution in [0.3, 0.4) is 0 Å². The van der Waals surface area contributed by atoms with Crippen LogP contribution in [0.5, 0.6) is 5.75 Å². The van der Waals surface area contributed by atoms with E-state index < -0.39 is 0 Å². The number of carbonyl (C=O) groups is 1. The minimum atomic E-state index is 0.0810. The van der Waals surface area contributed by atoms with Crippen molar-refractivity contribution in [1.29, 1.82) is 0 Å². The highest BCUT2D eigenvalue weighted by Crippen LogP contribution is 2.53. The van der Waals surface area contributed by atoms with Gasteiger partial charge in [-0.2, -0.15) is 0 Å². The number of rotatable bonds is 4. The number of aromatic nitrogens is 2. The molecule has 30 heavy (non-hydrogen) atoms. The third kappa shape index (κ3) is 3.02. The Morgan fingerprint density at radius 2 is 2.00 bits per heavy atom. The molecule has 0 radical (unpaired) electrons. The molecule has 3 heterocycles. The van der Waals surface area contributed by atoms with Crippen molar-refractivity contribution in [3.8, 4) is 5.75 Å². The molecule has 4 atom stereocenters. The smallest absolute Gasteiger partial charge is 0.257 e. The fraction of sp³-hybridized carbons (Fsp3) is 0.609. The van der Waals surface area contributed by atoms with Gasteiger partial charge in [0.2, 0.25) is 0 Å². The van der Waals surface area contributed by atoms with Crippen molar-refractivity contribution in [2.75, 3.05) is 13.6 Å². The molecule has 1 aliphatic carbocycles. The van der Waals surface area contributed by atoms with Crippen LogP contribution < -0.4 is 4.74 Å². The monoisotopic (exact) mass is 410 g/mol. The lowest BCUT2D eigenvalue weighted by molar-refractivity contribution is 0.0280. The van der Waals surface area contributed by atoms with Gasteiger partial charge in [-0.05, 0) is 45.4 Å². The van der Waals surface area contributed by atoms with Crippen molar-refractivity contribution in [3.05, 3.63) is 41.2 Å². The Hall–Kier alpha value is -2.41. The molecule has 3 aliphatic rings. The second-order valence-corrected chi connectivity index (χ2v) is 9.38. The Labute approximate surface area is 177 Å². The van der Waals surface area contributed by atoms with Gasteiger partial charge in [0.15, 0.2) is 0 Å². The molecule has 2 aliphatic heterocycles. The first-order chi connectivity index (χ1) is 14.5. The van der Waals surface area contributed by atoms with E-state index in [2.05, 4.69) is 34.1 Å². The van der Waals surface area contributed by atoms with Gasteiger partial charge in [0, 0.05) is 30.1 Å². The Morgan fingerprint density at radius 3 is 2.77 bits per heavy atom. The van der Waals surface area contributed by atoms with Gasteiger partial charge in [-0.3, -0.25) is 9.69 Å². The quantitative estimate of drug-likeness (QED) is 0.769. The number of hydrogen-bond donors (Lipinski definition) is 0. The highest BCUT2D eigenvalue weighted by Gasteiger charge is 2.58. The summed E-state index contributed by atoms with van der Waals surface area (Å²) >= 11 is 0. The van der Waals surface area contributed by atoms with Crippen LogP contribution in [0.4, 0.5) is 0 Å². The summed E-state index contributed by atoms with van der Waals surface area (Å²) in [6, 6.07) is 8.84. The number of para-hydroxylation sites is 1. The normalized spacial score (nSPS) is 30.9. The molecule has 5 rings (SSSR count). The summed E-state index contributed by atoms with van der Waals surface area (Å²) in [5, 5.41) is 7.68. The van der Waals surface area contributed by atoms with Crippen LogP contribution in [0, 0.1) is 12.3 Å². The van der Waals surface area contributed by atoms with E-state index in [1.807, 2.05) is 31.2 Å². The van der Waals surface area contributed by atoms with E-state index >= 15 is 0 Å². The zero-order chi connectivity index (χ0) is 20.9. The molecule has 0 unspecified atom stereocenters. The van der Waals surface area contributed by atoms with Gasteiger partial charge in [0.25, 0.3) is 5.91 Å². The fourth-order valence-corrected chi connectivity index (χ4v) is 6.14. The number of piperidine rings is 1. The van der Waals surface area contributed by atoms with Crippen molar-refractivity contribution in [3.63, 3.8) is 0 Å². The SMILES string of the molecule is Cc1nonc1COc1ccccc1C(=O)N1C[C@@H]2C[C@@]3(C)[C@H](CCCC[C@@H]13)N2C. The fourth-order valence-electron chi connectivity index (χ4n) is 6.14. The molecule has 160 valence electrons. The van der Waals surface area contributed by atoms with Crippen molar-refractivity contribution in [2.45, 2.75) is 70.7 Å². The highest BCUT2D eigenvalue weighted by atomic mass is 16.6. The lowest BCUT2D eigenvalue weighted by atomic mass is 9.71. The molecule has 3 fully saturated rings. The lowest BCUT2D eigenvalue weighted by Crippen LogP contribution is -2.55. The van der Waals surface area contributed by atoms with Crippen molar-refractivity contribution < 1.29 is 14.2 Å². The summed E-state index contributed by atoms with van der Waals surface area (Å²) in [6.07, 6.45) is 5.97. The van der Waals surface area contributed by atoms with Gasteiger partial charge in [-0.1, -0.05) is 42.2 Å². The number of carbonyl (C=O) groups excluding carboxylic acids is 1. The van der Waals surface area contributed by atoms with Crippen molar-refractivity contribution in [1.82, 2.24) is 20.1 Å². The van der Waals surface area contributed by atoms with Crippen molar-refractivity contribution >= 4 is 5.91 Å². The minimum absolute atomic E-state index is 0.0810. The first-order valence-corrected chi connectivity index (χ1v) is 11.0. The van der Waals surface area contributed by atoms with Gasteiger partial charge in [0.05, 0.1) is 5.56 Å². The Kier molecular flexibility index (Phi) is 4.81. The van der Waals surface area contributed by atoms with E-state index in [4.69, 9.17) is 9.37 Å². The molecule has 1 aromatic carbocycles. The first-order valence-electron chi connectivity index (χ1n) is 11.0. The first kappa shape index (κ1) is 19.5. The average molecular weight is 411 g/mol. The number of aryl methyl sites for hydroxylation is 1. The molecule has 0 spiro atoms. The van der Waals surface area contributed by atoms with Gasteiger partial charge >= 0.3 is 0 Å². The summed E-state index contributed by atoms with van der Waals surface area (Å²) < 4.78 is 10.8. The number of amides is 1. The lowest BCUT2D eigenvalue weighted by Gasteiger charge is -2.46. The molecule has 7 heteroatoms. The zero-order valence-corrected chi connectivity index (χ0v) is 18.0. The van der Waals surface area contributed by atoms with Crippen LogP contribution in [0.15, 0.2) is 28.9 Å². The molecule has 0 N–H and O–H groups in total. The maximum atomic E-state index is 13.8. The third-order valence-corrected chi connectivity index (χ3v) is 7.74. The third-order valence-electron chi connectivity index (χ3n) is 7.74. The maximum Gasteiger partial charge on any atom is 0.257 e. The molecular weight excluding hydrogens is 380 g/mol. The molecule has 2 aromatic rings. The maximum absolute atomic E-state index is 13.8. The zero-order valence-electron chi connectivity index (χ0n) is 18.0. The summed E-state index contributed by atoms with van der Waals surface area (Å²) in [6.45, 7) is 5.27. The molecule has 2 bridgehead atoms. The number of benzene rings is 1. The predicted octanol–water partition coefficient (Wildman–Crippen LogP) is 3.43. The number of likely N-dealkylation sites (N-methyl/N-ethyl adjacent to an activating group) is 1. The second-order valence-electron chi connectivity index (χ2n) is 9.38. The number of hydrogen-bond acceptors (Lipinski definition) is 6. The van der Waals surface area contributed by atoms with Crippen LogP contribution in [-0.4, -0.2) is 57.7 Å². The minimum Gasteiger partial charge on any atom is -0.486 e. The summed E-state index contributed by atoms with van der Waals surface area (Å²) in [7, 11) is 2.25. The van der Waals surface area contributed by atoms with Crippen LogP contribution in [-0.2, 0) is 6.61 Å². The van der Waals surface area contributed by atoms with Crippen LogP contribution in [0.2, 0.25) is 0 Å². The second kappa shape index (κ2) is 7.38. The predicted molar refractivity (Wildman–Crippen MR) is 111 cm³/mol. The summed E-state index contributed by atoms with van der Waals surface area (Å²) in [4.78, 5) is 18.5. The number of ether oxygens (including phenoxy) is 1. The van der Waals surface area contributed by atoms with E-state index in [9.17, 15) is 4.79 Å². The standard InChI is InChI=1S/C23H30N4O3/c1-15-18(25-30-24-15)14-29-19-9-5-4-8-17(19)22(28)27-13-16-12-23(2)20(26(16)3)10-6-7-11-21(23)27/h4-5,8-9,16,20-21H,6-7,10-14H2,1-3H3/t16-,20-,21+,23-/m0/s1. The van der Waals surface area contributed by atoms with Crippen LogP contribution in [0.1, 0.15) is 60.8 Å². The van der Waals surface area contributed by atoms with E-state index in [1.165, 1.54) is 25.7 Å². The number of fused-ring (bicyclic) bond motifs is 1. The highest BCUT2D eigenvalue weighted by molar-refractivity contribution is 5.97. The van der Waals surface area contributed by atoms with Gasteiger partial charge in [0.1, 0.15) is 23.7 Å². The van der Waals surface area contributed by atoms with E-state index in [0.717, 1.165) is 13.0 Å².